The van der Waals surface area contributed by atoms with Crippen molar-refractivity contribution >= 4 is 29.1 Å². The number of rotatable bonds is 5. The van der Waals surface area contributed by atoms with Crippen LogP contribution in [0.5, 0.6) is 0 Å². The van der Waals surface area contributed by atoms with Gasteiger partial charge in [-0.05, 0) is 36.2 Å². The van der Waals surface area contributed by atoms with Gasteiger partial charge in [0, 0.05) is 24.8 Å². The molecule has 26 heavy (non-hydrogen) atoms. The number of amides is 1. The Hall–Kier alpha value is -2.37. The van der Waals surface area contributed by atoms with E-state index < -0.39 is 0 Å². The molecule has 0 fully saturated rings. The van der Waals surface area contributed by atoms with Crippen LogP contribution in [0.2, 0.25) is 0 Å². The molecule has 1 aromatic heterocycles. The van der Waals surface area contributed by atoms with Gasteiger partial charge in [-0.15, -0.1) is 12.4 Å². The van der Waals surface area contributed by atoms with Crippen molar-refractivity contribution in [2.45, 2.75) is 26.3 Å². The summed E-state index contributed by atoms with van der Waals surface area (Å²) in [5, 5.41) is 9.75. The molecule has 5 nitrogen and oxygen atoms in total. The Morgan fingerprint density at radius 2 is 1.88 bits per heavy atom. The van der Waals surface area contributed by atoms with Crippen LogP contribution < -0.4 is 11.1 Å². The van der Waals surface area contributed by atoms with Crippen molar-refractivity contribution in [2.75, 3.05) is 6.54 Å². The topological polar surface area (TPSA) is 72.9 Å². The quantitative estimate of drug-likeness (QED) is 0.723. The first kappa shape index (κ1) is 19.9. The first-order chi connectivity index (χ1) is 12.0. The molecule has 1 heterocycles. The molecule has 1 unspecified atom stereocenters. The van der Waals surface area contributed by atoms with Crippen molar-refractivity contribution in [3.63, 3.8) is 0 Å². The first-order valence-corrected chi connectivity index (χ1v) is 8.46. The lowest BCUT2D eigenvalue weighted by atomic mass is 10.0. The van der Waals surface area contributed by atoms with E-state index in [-0.39, 0.29) is 24.4 Å². The second-order valence-electron chi connectivity index (χ2n) is 6.41. The third-order valence-electron chi connectivity index (χ3n) is 4.74. The fraction of sp³-hybridized carbons (Fsp3) is 0.300. The van der Waals surface area contributed by atoms with E-state index in [1.807, 2.05) is 43.8 Å². The van der Waals surface area contributed by atoms with Crippen LogP contribution in [0, 0.1) is 13.8 Å². The van der Waals surface area contributed by atoms with Crippen molar-refractivity contribution in [1.29, 1.82) is 0 Å². The largest absolute Gasteiger partial charge is 0.348 e. The molecule has 0 aliphatic rings. The van der Waals surface area contributed by atoms with Crippen molar-refractivity contribution in [3.05, 3.63) is 65.0 Å². The average Bonchev–Trinajstić information content (AvgIpc) is 2.85. The minimum absolute atomic E-state index is 0. The van der Waals surface area contributed by atoms with Crippen LogP contribution in [0.1, 0.15) is 28.6 Å². The highest BCUT2D eigenvalue weighted by Gasteiger charge is 2.17. The van der Waals surface area contributed by atoms with E-state index in [0.29, 0.717) is 13.0 Å². The van der Waals surface area contributed by atoms with E-state index in [1.54, 1.807) is 0 Å². The number of nitrogens with two attached hydrogens (primary N) is 1. The molecule has 0 radical (unpaired) electrons. The summed E-state index contributed by atoms with van der Waals surface area (Å²) in [5.41, 5.74) is 9.84. The second-order valence-corrected chi connectivity index (χ2v) is 6.41. The van der Waals surface area contributed by atoms with Crippen molar-refractivity contribution < 1.29 is 4.79 Å². The minimum Gasteiger partial charge on any atom is -0.348 e. The van der Waals surface area contributed by atoms with E-state index in [0.717, 1.165) is 27.9 Å². The third-order valence-corrected chi connectivity index (χ3v) is 4.74. The Labute approximate surface area is 160 Å². The Bertz CT molecular complexity index is 919. The molecule has 0 bridgehead atoms. The molecule has 3 N–H and O–H groups in total. The third kappa shape index (κ3) is 4.06. The maximum atomic E-state index is 12.5. The Balaban J connectivity index is 0.00000243. The van der Waals surface area contributed by atoms with Crippen LogP contribution in [-0.2, 0) is 18.3 Å². The molecular weight excluding hydrogens is 348 g/mol. The zero-order valence-electron chi connectivity index (χ0n) is 15.3. The van der Waals surface area contributed by atoms with Crippen LogP contribution in [0.25, 0.3) is 10.8 Å². The van der Waals surface area contributed by atoms with E-state index >= 15 is 0 Å². The number of aryl methyl sites for hydroxylation is 2. The second kappa shape index (κ2) is 8.34. The monoisotopic (exact) mass is 372 g/mol. The standard InChI is InChI=1S/C20H24N4O.ClH/c1-13-18(14(2)24(3)23-13)11-20(25)22-19(12-21)17-9-8-15-6-4-5-7-16(15)10-17;/h4-10,19H,11-12,21H2,1-3H3,(H,22,25);1H. The summed E-state index contributed by atoms with van der Waals surface area (Å²) < 4.78 is 1.81. The Morgan fingerprint density at radius 1 is 1.19 bits per heavy atom. The SMILES string of the molecule is Cc1nn(C)c(C)c1CC(=O)NC(CN)c1ccc2ccccc2c1.Cl. The molecule has 0 saturated carbocycles. The molecule has 1 atom stereocenters. The van der Waals surface area contributed by atoms with Crippen LogP contribution in [0.3, 0.4) is 0 Å². The molecule has 6 heteroatoms. The van der Waals surface area contributed by atoms with Crippen LogP contribution in [-0.4, -0.2) is 22.2 Å². The summed E-state index contributed by atoms with van der Waals surface area (Å²) in [4.78, 5) is 12.5. The van der Waals surface area contributed by atoms with Crippen LogP contribution in [0.15, 0.2) is 42.5 Å². The highest BCUT2D eigenvalue weighted by atomic mass is 35.5. The fourth-order valence-electron chi connectivity index (χ4n) is 3.18. The number of aromatic nitrogens is 2. The molecule has 3 aromatic rings. The normalized spacial score (nSPS) is 11.8. The Kier molecular flexibility index (Phi) is 6.40. The van der Waals surface area contributed by atoms with Crippen molar-refractivity contribution in [3.8, 4) is 0 Å². The summed E-state index contributed by atoms with van der Waals surface area (Å²) in [6, 6.07) is 14.1. The Morgan fingerprint density at radius 3 is 2.50 bits per heavy atom. The van der Waals surface area contributed by atoms with Crippen molar-refractivity contribution in [1.82, 2.24) is 15.1 Å². The molecule has 0 saturated heterocycles. The van der Waals surface area contributed by atoms with Gasteiger partial charge < -0.3 is 11.1 Å². The predicted octanol–water partition coefficient (Wildman–Crippen LogP) is 2.97. The molecule has 0 aliphatic carbocycles. The van der Waals surface area contributed by atoms with Crippen molar-refractivity contribution in [2.24, 2.45) is 12.8 Å². The minimum atomic E-state index is -0.200. The van der Waals surface area contributed by atoms with Gasteiger partial charge in [0.25, 0.3) is 0 Å². The van der Waals surface area contributed by atoms with Crippen LogP contribution >= 0.6 is 12.4 Å². The van der Waals surface area contributed by atoms with Gasteiger partial charge in [0.05, 0.1) is 18.2 Å². The van der Waals surface area contributed by atoms with Gasteiger partial charge in [-0.1, -0.05) is 36.4 Å². The molecular formula is C20H25ClN4O. The number of nitrogens with zero attached hydrogens (tertiary/aromatic N) is 2. The molecule has 0 aliphatic heterocycles. The van der Waals surface area contributed by atoms with E-state index in [2.05, 4.69) is 34.7 Å². The lowest BCUT2D eigenvalue weighted by Gasteiger charge is -2.18. The number of benzene rings is 2. The number of fused-ring (bicyclic) bond motifs is 1. The molecule has 0 spiro atoms. The smallest absolute Gasteiger partial charge is 0.225 e. The maximum absolute atomic E-state index is 12.5. The van der Waals surface area contributed by atoms with E-state index in [9.17, 15) is 4.79 Å². The van der Waals surface area contributed by atoms with Crippen LogP contribution in [0.4, 0.5) is 0 Å². The summed E-state index contributed by atoms with van der Waals surface area (Å²) in [5.74, 6) is -0.0391. The number of hydrogen-bond donors (Lipinski definition) is 2. The summed E-state index contributed by atoms with van der Waals surface area (Å²) in [6.07, 6.45) is 0.315. The molecule has 138 valence electrons. The van der Waals surface area contributed by atoms with Gasteiger partial charge in [0.1, 0.15) is 0 Å². The number of nitrogens with one attached hydrogen (secondary N) is 1. The van der Waals surface area contributed by atoms with Gasteiger partial charge >= 0.3 is 0 Å². The highest BCUT2D eigenvalue weighted by molar-refractivity contribution is 5.85. The fourth-order valence-corrected chi connectivity index (χ4v) is 3.18. The van der Waals surface area contributed by atoms with Gasteiger partial charge in [-0.25, -0.2) is 0 Å². The lowest BCUT2D eigenvalue weighted by Crippen LogP contribution is -2.34. The number of carbonyl (C=O) groups excluding carboxylic acids is 1. The molecule has 1 amide bonds. The maximum Gasteiger partial charge on any atom is 0.225 e. The van der Waals surface area contributed by atoms with Gasteiger partial charge in [-0.3, -0.25) is 9.48 Å². The number of carbonyl (C=O) groups is 1. The van der Waals surface area contributed by atoms with E-state index in [1.165, 1.54) is 5.39 Å². The van der Waals surface area contributed by atoms with Gasteiger partial charge in [0.2, 0.25) is 5.91 Å². The zero-order valence-corrected chi connectivity index (χ0v) is 16.1. The van der Waals surface area contributed by atoms with Gasteiger partial charge in [-0.2, -0.15) is 5.10 Å². The molecule has 3 rings (SSSR count). The average molecular weight is 373 g/mol. The summed E-state index contributed by atoms with van der Waals surface area (Å²) in [6.45, 7) is 4.26. The number of halogens is 1. The highest BCUT2D eigenvalue weighted by Crippen LogP contribution is 2.20. The van der Waals surface area contributed by atoms with E-state index in [4.69, 9.17) is 5.73 Å². The lowest BCUT2D eigenvalue weighted by molar-refractivity contribution is -0.121. The number of hydrogen-bond acceptors (Lipinski definition) is 3. The zero-order chi connectivity index (χ0) is 18.0. The van der Waals surface area contributed by atoms with Gasteiger partial charge in [0.15, 0.2) is 0 Å². The first-order valence-electron chi connectivity index (χ1n) is 8.46. The summed E-state index contributed by atoms with van der Waals surface area (Å²) >= 11 is 0. The molecule has 2 aromatic carbocycles. The summed E-state index contributed by atoms with van der Waals surface area (Å²) in [7, 11) is 1.89. The predicted molar refractivity (Wildman–Crippen MR) is 108 cm³/mol.